The van der Waals surface area contributed by atoms with Crippen molar-refractivity contribution in [2.75, 3.05) is 45.7 Å². The van der Waals surface area contributed by atoms with Crippen LogP contribution < -0.4 is 10.6 Å². The summed E-state index contributed by atoms with van der Waals surface area (Å²) in [6.45, 7) is 4.51. The Bertz CT molecular complexity index is 379. The first-order valence-corrected chi connectivity index (χ1v) is 8.29. The lowest BCUT2D eigenvalue weighted by Gasteiger charge is -2.21. The first kappa shape index (κ1) is 16.9. The van der Waals surface area contributed by atoms with Crippen molar-refractivity contribution in [2.45, 2.75) is 13.0 Å². The smallest absolute Gasteiger partial charge is 0.191 e. The van der Waals surface area contributed by atoms with Crippen molar-refractivity contribution in [3.05, 3.63) is 24.2 Å². The van der Waals surface area contributed by atoms with Crippen LogP contribution in [0.1, 0.15) is 18.7 Å². The minimum Gasteiger partial charge on any atom is -0.468 e. The second-order valence-corrected chi connectivity index (χ2v) is 5.62. The molecule has 1 aromatic rings. The summed E-state index contributed by atoms with van der Waals surface area (Å²) in [5, 5.41) is 6.59. The Morgan fingerprint density at radius 3 is 2.80 bits per heavy atom. The third-order valence-electron chi connectivity index (χ3n) is 2.86. The summed E-state index contributed by atoms with van der Waals surface area (Å²) >= 11 is 1.82. The Morgan fingerprint density at radius 1 is 1.45 bits per heavy atom. The van der Waals surface area contributed by atoms with E-state index in [-0.39, 0.29) is 6.04 Å². The SMILES string of the molecule is CCNC(=NCC(c1ccco1)N(C)C)NCCSC. The molecule has 0 aromatic carbocycles. The fourth-order valence-electron chi connectivity index (χ4n) is 1.78. The number of furan rings is 1. The van der Waals surface area contributed by atoms with Crippen LogP contribution in [0.15, 0.2) is 27.8 Å². The third-order valence-corrected chi connectivity index (χ3v) is 3.47. The molecule has 2 N–H and O–H groups in total. The van der Waals surface area contributed by atoms with Gasteiger partial charge in [0.25, 0.3) is 0 Å². The molecule has 6 heteroatoms. The second kappa shape index (κ2) is 9.72. The Balaban J connectivity index is 2.62. The Morgan fingerprint density at radius 2 is 2.25 bits per heavy atom. The largest absolute Gasteiger partial charge is 0.468 e. The summed E-state index contributed by atoms with van der Waals surface area (Å²) in [6.07, 6.45) is 3.81. The lowest BCUT2D eigenvalue weighted by molar-refractivity contribution is 0.265. The van der Waals surface area contributed by atoms with Gasteiger partial charge in [-0.2, -0.15) is 11.8 Å². The zero-order chi connectivity index (χ0) is 14.8. The van der Waals surface area contributed by atoms with E-state index in [1.807, 2.05) is 38.0 Å². The summed E-state index contributed by atoms with van der Waals surface area (Å²) in [4.78, 5) is 6.77. The highest BCUT2D eigenvalue weighted by Crippen LogP contribution is 2.18. The van der Waals surface area contributed by atoms with E-state index in [1.165, 1.54) is 0 Å². The number of hydrogen-bond donors (Lipinski definition) is 2. The molecule has 1 heterocycles. The quantitative estimate of drug-likeness (QED) is 0.435. The summed E-state index contributed by atoms with van der Waals surface area (Å²) in [5.41, 5.74) is 0. The molecule has 0 aliphatic carbocycles. The maximum absolute atomic E-state index is 5.49. The van der Waals surface area contributed by atoms with Gasteiger partial charge >= 0.3 is 0 Å². The maximum Gasteiger partial charge on any atom is 0.191 e. The first-order valence-electron chi connectivity index (χ1n) is 6.90. The molecule has 1 unspecified atom stereocenters. The normalized spacial score (nSPS) is 13.6. The second-order valence-electron chi connectivity index (χ2n) is 4.63. The summed E-state index contributed by atoms with van der Waals surface area (Å²) in [7, 11) is 4.08. The Kier molecular flexibility index (Phi) is 8.22. The van der Waals surface area contributed by atoms with E-state index in [1.54, 1.807) is 6.26 Å². The lowest BCUT2D eigenvalue weighted by Crippen LogP contribution is -2.39. The molecule has 0 saturated carbocycles. The van der Waals surface area contributed by atoms with E-state index >= 15 is 0 Å². The molecule has 114 valence electrons. The molecular formula is C14H26N4OS. The number of likely N-dealkylation sites (N-methyl/N-ethyl adjacent to an activating group) is 1. The molecule has 1 aromatic heterocycles. The van der Waals surface area contributed by atoms with Crippen molar-refractivity contribution in [1.82, 2.24) is 15.5 Å². The molecule has 0 radical (unpaired) electrons. The van der Waals surface area contributed by atoms with E-state index in [0.29, 0.717) is 6.54 Å². The van der Waals surface area contributed by atoms with Crippen LogP contribution in [0.3, 0.4) is 0 Å². The van der Waals surface area contributed by atoms with Crippen LogP contribution in [0.5, 0.6) is 0 Å². The number of rotatable bonds is 8. The monoisotopic (exact) mass is 298 g/mol. The average molecular weight is 298 g/mol. The highest BCUT2D eigenvalue weighted by Gasteiger charge is 2.16. The van der Waals surface area contributed by atoms with Crippen LogP contribution in [-0.2, 0) is 0 Å². The predicted molar refractivity (Wildman–Crippen MR) is 87.5 cm³/mol. The molecule has 0 amide bonds. The van der Waals surface area contributed by atoms with Gasteiger partial charge in [0.1, 0.15) is 5.76 Å². The zero-order valence-electron chi connectivity index (χ0n) is 12.8. The summed E-state index contributed by atoms with van der Waals surface area (Å²) in [5.74, 6) is 2.87. The Hall–Kier alpha value is -1.14. The molecule has 0 fully saturated rings. The topological polar surface area (TPSA) is 52.8 Å². The number of thioether (sulfide) groups is 1. The van der Waals surface area contributed by atoms with E-state index in [2.05, 4.69) is 33.7 Å². The molecule has 0 saturated heterocycles. The minimum atomic E-state index is 0.154. The van der Waals surface area contributed by atoms with Crippen molar-refractivity contribution >= 4 is 17.7 Å². The van der Waals surface area contributed by atoms with Crippen molar-refractivity contribution in [3.63, 3.8) is 0 Å². The van der Waals surface area contributed by atoms with Gasteiger partial charge in [-0.3, -0.25) is 9.89 Å². The van der Waals surface area contributed by atoms with Gasteiger partial charge in [-0.15, -0.1) is 0 Å². The van der Waals surface area contributed by atoms with Crippen molar-refractivity contribution in [2.24, 2.45) is 4.99 Å². The van der Waals surface area contributed by atoms with Crippen molar-refractivity contribution < 1.29 is 4.42 Å². The minimum absolute atomic E-state index is 0.154. The fourth-order valence-corrected chi connectivity index (χ4v) is 2.09. The van der Waals surface area contributed by atoms with Crippen LogP contribution in [0.4, 0.5) is 0 Å². The molecule has 20 heavy (non-hydrogen) atoms. The maximum atomic E-state index is 5.49. The Labute approximate surface area is 126 Å². The third kappa shape index (κ3) is 5.88. The van der Waals surface area contributed by atoms with Gasteiger partial charge in [-0.25, -0.2) is 0 Å². The van der Waals surface area contributed by atoms with E-state index < -0.39 is 0 Å². The number of guanidine groups is 1. The molecule has 0 aliphatic heterocycles. The van der Waals surface area contributed by atoms with Crippen molar-refractivity contribution in [1.29, 1.82) is 0 Å². The van der Waals surface area contributed by atoms with E-state index in [0.717, 1.165) is 30.6 Å². The van der Waals surface area contributed by atoms with Gasteiger partial charge in [-0.05, 0) is 39.4 Å². The van der Waals surface area contributed by atoms with Crippen LogP contribution >= 0.6 is 11.8 Å². The average Bonchev–Trinajstić information content (AvgIpc) is 2.92. The highest BCUT2D eigenvalue weighted by atomic mass is 32.2. The molecule has 5 nitrogen and oxygen atoms in total. The van der Waals surface area contributed by atoms with Gasteiger partial charge < -0.3 is 15.1 Å². The van der Waals surface area contributed by atoms with Gasteiger partial charge in [0, 0.05) is 18.8 Å². The number of nitrogens with zero attached hydrogens (tertiary/aromatic N) is 2. The predicted octanol–water partition coefficient (Wildman–Crippen LogP) is 1.80. The number of hydrogen-bond acceptors (Lipinski definition) is 4. The van der Waals surface area contributed by atoms with Crippen LogP contribution in [-0.4, -0.2) is 56.6 Å². The lowest BCUT2D eigenvalue weighted by atomic mass is 10.2. The van der Waals surface area contributed by atoms with E-state index in [4.69, 9.17) is 4.42 Å². The number of aliphatic imine (C=N–C) groups is 1. The summed E-state index contributed by atoms with van der Waals surface area (Å²) in [6, 6.07) is 4.06. The number of nitrogens with one attached hydrogen (secondary N) is 2. The standard InChI is InChI=1S/C14H26N4OS/c1-5-15-14(16-8-10-20-4)17-11-12(18(2)3)13-7-6-9-19-13/h6-7,9,12H,5,8,10-11H2,1-4H3,(H2,15,16,17). The van der Waals surface area contributed by atoms with Gasteiger partial charge in [0.2, 0.25) is 0 Å². The fraction of sp³-hybridized carbons (Fsp3) is 0.643. The van der Waals surface area contributed by atoms with Crippen LogP contribution in [0.2, 0.25) is 0 Å². The molecule has 0 bridgehead atoms. The molecule has 1 rings (SSSR count). The van der Waals surface area contributed by atoms with Gasteiger partial charge in [-0.1, -0.05) is 0 Å². The molecule has 0 aliphatic rings. The molecular weight excluding hydrogens is 272 g/mol. The van der Waals surface area contributed by atoms with Crippen LogP contribution in [0.25, 0.3) is 0 Å². The zero-order valence-corrected chi connectivity index (χ0v) is 13.7. The van der Waals surface area contributed by atoms with Crippen molar-refractivity contribution in [3.8, 4) is 0 Å². The highest BCUT2D eigenvalue weighted by molar-refractivity contribution is 7.98. The summed E-state index contributed by atoms with van der Waals surface area (Å²) < 4.78 is 5.49. The molecule has 1 atom stereocenters. The van der Waals surface area contributed by atoms with E-state index in [9.17, 15) is 0 Å². The molecule has 0 spiro atoms. The van der Waals surface area contributed by atoms with Gasteiger partial charge in [0.15, 0.2) is 5.96 Å². The van der Waals surface area contributed by atoms with Gasteiger partial charge in [0.05, 0.1) is 18.8 Å². The first-order chi connectivity index (χ1) is 9.69. The van der Waals surface area contributed by atoms with Crippen LogP contribution in [0, 0.1) is 0 Å².